The van der Waals surface area contributed by atoms with Crippen LogP contribution in [0.25, 0.3) is 0 Å². The fraction of sp³-hybridized carbons (Fsp3) is 0.952. The maximum absolute atomic E-state index is 12.9. The first-order valence-electron chi connectivity index (χ1n) is 11.3. The van der Waals surface area contributed by atoms with E-state index in [1.165, 1.54) is 0 Å². The summed E-state index contributed by atoms with van der Waals surface area (Å²) in [7, 11) is 3.75. The largest absolute Gasteiger partial charge is 0.376 e. The van der Waals surface area contributed by atoms with E-state index in [-0.39, 0.29) is 11.9 Å². The van der Waals surface area contributed by atoms with Crippen molar-refractivity contribution in [3.63, 3.8) is 0 Å². The minimum atomic E-state index is -0.0409. The lowest BCUT2D eigenvalue weighted by molar-refractivity contribution is -0.137. The van der Waals surface area contributed by atoms with Crippen molar-refractivity contribution in [1.29, 1.82) is 0 Å². The van der Waals surface area contributed by atoms with Gasteiger partial charge in [0.05, 0.1) is 25.4 Å². The van der Waals surface area contributed by atoms with Crippen molar-refractivity contribution < 1.29 is 14.3 Å². The Balaban J connectivity index is 1.50. The normalized spacial score (nSPS) is 31.1. The zero-order chi connectivity index (χ0) is 20.8. The molecule has 0 aliphatic carbocycles. The maximum Gasteiger partial charge on any atom is 0.240 e. The summed E-state index contributed by atoms with van der Waals surface area (Å²) in [5.74, 6) is 0.227. The first kappa shape index (κ1) is 22.9. The molecule has 0 radical (unpaired) electrons. The Kier molecular flexibility index (Phi) is 8.70. The first-order chi connectivity index (χ1) is 13.9. The number of hydrogen-bond acceptors (Lipinski definition) is 7. The minimum Gasteiger partial charge on any atom is -0.376 e. The smallest absolute Gasteiger partial charge is 0.240 e. The van der Waals surface area contributed by atoms with E-state index in [2.05, 4.69) is 33.4 Å². The first-order valence-corrected chi connectivity index (χ1v) is 11.3. The number of piperazine rings is 1. The topological polar surface area (TPSA) is 51.7 Å². The van der Waals surface area contributed by atoms with E-state index >= 15 is 0 Å². The van der Waals surface area contributed by atoms with Gasteiger partial charge in [-0.05, 0) is 13.8 Å². The Hall–Kier alpha value is -0.770. The van der Waals surface area contributed by atoms with Crippen LogP contribution < -0.4 is 0 Å². The summed E-state index contributed by atoms with van der Waals surface area (Å²) in [6.45, 7) is 16.8. The third-order valence-corrected chi connectivity index (χ3v) is 6.39. The zero-order valence-corrected chi connectivity index (χ0v) is 18.9. The molecular formula is C21H41N5O3. The van der Waals surface area contributed by atoms with E-state index in [0.29, 0.717) is 12.2 Å². The SMILES string of the molecule is C[C@@H]1CN(CCN2CCN(CCN3CCO[C@@H](C)C3)[C@H](C(=O)N(C)C)C2)CCO1. The summed E-state index contributed by atoms with van der Waals surface area (Å²) in [6.07, 6.45) is 0.634. The molecule has 0 unspecified atom stereocenters. The molecule has 0 spiro atoms. The molecule has 168 valence electrons. The Morgan fingerprint density at radius 1 is 0.793 bits per heavy atom. The van der Waals surface area contributed by atoms with Crippen molar-refractivity contribution in [1.82, 2.24) is 24.5 Å². The molecule has 0 saturated carbocycles. The zero-order valence-electron chi connectivity index (χ0n) is 18.9. The van der Waals surface area contributed by atoms with Gasteiger partial charge in [0, 0.05) is 86.1 Å². The van der Waals surface area contributed by atoms with Gasteiger partial charge in [-0.2, -0.15) is 0 Å². The number of nitrogens with zero attached hydrogens (tertiary/aromatic N) is 5. The van der Waals surface area contributed by atoms with Crippen LogP contribution in [0.2, 0.25) is 0 Å². The van der Waals surface area contributed by atoms with Crippen LogP contribution in [0.15, 0.2) is 0 Å². The summed E-state index contributed by atoms with van der Waals surface area (Å²) >= 11 is 0. The van der Waals surface area contributed by atoms with Gasteiger partial charge in [-0.25, -0.2) is 0 Å². The third kappa shape index (κ3) is 6.87. The van der Waals surface area contributed by atoms with E-state index in [0.717, 1.165) is 85.2 Å². The molecule has 3 aliphatic rings. The van der Waals surface area contributed by atoms with Crippen molar-refractivity contribution in [2.24, 2.45) is 0 Å². The molecule has 3 aliphatic heterocycles. The number of carbonyl (C=O) groups excluding carboxylic acids is 1. The molecule has 3 rings (SSSR count). The molecule has 1 amide bonds. The maximum atomic E-state index is 12.9. The summed E-state index contributed by atoms with van der Waals surface area (Å²) in [5.41, 5.74) is 0. The van der Waals surface area contributed by atoms with Crippen molar-refractivity contribution in [3.05, 3.63) is 0 Å². The summed E-state index contributed by atoms with van der Waals surface area (Å²) in [4.78, 5) is 24.5. The van der Waals surface area contributed by atoms with E-state index in [1.54, 1.807) is 4.90 Å². The van der Waals surface area contributed by atoms with Gasteiger partial charge in [0.1, 0.15) is 6.04 Å². The molecular weight excluding hydrogens is 370 g/mol. The van der Waals surface area contributed by atoms with Crippen molar-refractivity contribution >= 4 is 5.91 Å². The Morgan fingerprint density at radius 2 is 1.31 bits per heavy atom. The van der Waals surface area contributed by atoms with Gasteiger partial charge < -0.3 is 14.4 Å². The third-order valence-electron chi connectivity index (χ3n) is 6.39. The number of carbonyl (C=O) groups is 1. The van der Waals surface area contributed by atoms with Gasteiger partial charge in [0.25, 0.3) is 0 Å². The fourth-order valence-corrected chi connectivity index (χ4v) is 4.62. The van der Waals surface area contributed by atoms with Crippen LogP contribution in [0.3, 0.4) is 0 Å². The lowest BCUT2D eigenvalue weighted by Gasteiger charge is -2.43. The van der Waals surface area contributed by atoms with Crippen LogP contribution in [-0.2, 0) is 14.3 Å². The van der Waals surface area contributed by atoms with Crippen LogP contribution in [-0.4, -0.2) is 148 Å². The van der Waals surface area contributed by atoms with Crippen LogP contribution in [0.4, 0.5) is 0 Å². The van der Waals surface area contributed by atoms with E-state index in [1.807, 2.05) is 14.1 Å². The van der Waals surface area contributed by atoms with Gasteiger partial charge in [-0.15, -0.1) is 0 Å². The van der Waals surface area contributed by atoms with Gasteiger partial charge in [-0.3, -0.25) is 24.4 Å². The molecule has 29 heavy (non-hydrogen) atoms. The highest BCUT2D eigenvalue weighted by molar-refractivity contribution is 5.81. The van der Waals surface area contributed by atoms with Gasteiger partial charge in [-0.1, -0.05) is 0 Å². The standard InChI is InChI=1S/C21H41N5O3/c1-18-15-24(11-13-28-18)6-5-23-7-9-26(20(17-23)21(27)22(3)4)10-8-25-12-14-29-19(2)16-25/h18-20H,5-17H2,1-4H3/t18-,19+,20+/m1/s1. The lowest BCUT2D eigenvalue weighted by atomic mass is 10.1. The van der Waals surface area contributed by atoms with E-state index in [9.17, 15) is 4.79 Å². The van der Waals surface area contributed by atoms with Crippen LogP contribution in [0.5, 0.6) is 0 Å². The van der Waals surface area contributed by atoms with Crippen LogP contribution in [0.1, 0.15) is 13.8 Å². The summed E-state index contributed by atoms with van der Waals surface area (Å²) < 4.78 is 11.3. The predicted octanol–water partition coefficient (Wildman–Crippen LogP) is -0.498. The van der Waals surface area contributed by atoms with Crippen molar-refractivity contribution in [3.8, 4) is 0 Å². The molecule has 0 bridgehead atoms. The van der Waals surface area contributed by atoms with Gasteiger partial charge in [0.2, 0.25) is 5.91 Å². The second-order valence-corrected chi connectivity index (χ2v) is 9.05. The second kappa shape index (κ2) is 11.0. The number of amides is 1. The number of rotatable bonds is 7. The van der Waals surface area contributed by atoms with Gasteiger partial charge >= 0.3 is 0 Å². The highest BCUT2D eigenvalue weighted by atomic mass is 16.5. The highest BCUT2D eigenvalue weighted by Crippen LogP contribution is 2.14. The number of hydrogen-bond donors (Lipinski definition) is 0. The molecule has 3 fully saturated rings. The summed E-state index contributed by atoms with van der Waals surface area (Å²) in [5, 5.41) is 0. The molecule has 8 nitrogen and oxygen atoms in total. The molecule has 3 heterocycles. The number of ether oxygens (including phenoxy) is 2. The lowest BCUT2D eigenvalue weighted by Crippen LogP contribution is -2.60. The summed E-state index contributed by atoms with van der Waals surface area (Å²) in [6, 6.07) is -0.0409. The number of morpholine rings is 2. The monoisotopic (exact) mass is 411 g/mol. The van der Waals surface area contributed by atoms with Crippen LogP contribution in [0, 0.1) is 0 Å². The molecule has 0 aromatic heterocycles. The molecule has 0 aromatic carbocycles. The van der Waals surface area contributed by atoms with Crippen LogP contribution >= 0.6 is 0 Å². The van der Waals surface area contributed by atoms with Crippen molar-refractivity contribution in [2.45, 2.75) is 32.1 Å². The molecule has 0 N–H and O–H groups in total. The van der Waals surface area contributed by atoms with Crippen molar-refractivity contribution in [2.75, 3.05) is 99.3 Å². The highest BCUT2D eigenvalue weighted by Gasteiger charge is 2.33. The van der Waals surface area contributed by atoms with E-state index in [4.69, 9.17) is 9.47 Å². The Morgan fingerprint density at radius 3 is 1.83 bits per heavy atom. The predicted molar refractivity (Wildman–Crippen MR) is 114 cm³/mol. The molecule has 3 atom stereocenters. The quantitative estimate of drug-likeness (QED) is 0.560. The van der Waals surface area contributed by atoms with Gasteiger partial charge in [0.15, 0.2) is 0 Å². The fourth-order valence-electron chi connectivity index (χ4n) is 4.62. The van der Waals surface area contributed by atoms with E-state index < -0.39 is 0 Å². The number of likely N-dealkylation sites (N-methyl/N-ethyl adjacent to an activating group) is 1. The molecule has 0 aromatic rings. The minimum absolute atomic E-state index is 0.0409. The Bertz CT molecular complexity index is 521. The second-order valence-electron chi connectivity index (χ2n) is 9.05. The average Bonchev–Trinajstić information content (AvgIpc) is 2.70. The Labute approximate surface area is 176 Å². The average molecular weight is 412 g/mol. The molecule has 3 saturated heterocycles. The molecule has 8 heteroatoms.